The molecule has 0 aliphatic heterocycles. The molecule has 0 spiro atoms. The van der Waals surface area contributed by atoms with E-state index in [1.807, 2.05) is 36.4 Å². The molecule has 0 aliphatic rings. The molecule has 1 N–H and O–H groups in total. The van der Waals surface area contributed by atoms with Gasteiger partial charge in [0.25, 0.3) is 0 Å². The molecule has 2 aromatic carbocycles. The molecule has 0 saturated heterocycles. The van der Waals surface area contributed by atoms with Crippen molar-refractivity contribution in [2.75, 3.05) is 6.61 Å². The fourth-order valence-corrected chi connectivity index (χ4v) is 2.10. The summed E-state index contributed by atoms with van der Waals surface area (Å²) in [5, 5.41) is 12.0. The number of terminal acetylenes is 1. The number of hydrogen-bond acceptors (Lipinski definition) is 2. The molecular formula is C17H18O2. The van der Waals surface area contributed by atoms with E-state index in [9.17, 15) is 5.11 Å². The highest BCUT2D eigenvalue weighted by molar-refractivity contribution is 5.89. The van der Waals surface area contributed by atoms with Crippen LogP contribution in [0.15, 0.2) is 36.4 Å². The van der Waals surface area contributed by atoms with E-state index in [0.717, 1.165) is 28.5 Å². The molecular weight excluding hydrogens is 236 g/mol. The molecule has 2 heteroatoms. The highest BCUT2D eigenvalue weighted by atomic mass is 16.5. The van der Waals surface area contributed by atoms with E-state index in [1.165, 1.54) is 0 Å². The minimum Gasteiger partial charge on any atom is -0.493 e. The molecule has 2 aromatic rings. The average Bonchev–Trinajstić information content (AvgIpc) is 2.43. The van der Waals surface area contributed by atoms with Crippen LogP contribution in [0.5, 0.6) is 5.75 Å². The largest absolute Gasteiger partial charge is 0.493 e. The Bertz CT molecular complexity index is 594. The Morgan fingerprint density at radius 2 is 2.05 bits per heavy atom. The summed E-state index contributed by atoms with van der Waals surface area (Å²) in [6.07, 6.45) is 6.20. The SMILES string of the molecule is C#CCCCOc1c([C@H](C)O)ccc2ccccc12. The van der Waals surface area contributed by atoms with Crippen LogP contribution in [-0.4, -0.2) is 11.7 Å². The van der Waals surface area contributed by atoms with Crippen molar-refractivity contribution in [3.8, 4) is 18.1 Å². The molecule has 0 heterocycles. The number of hydrogen-bond donors (Lipinski definition) is 1. The van der Waals surface area contributed by atoms with Crippen molar-refractivity contribution in [1.29, 1.82) is 0 Å². The zero-order valence-corrected chi connectivity index (χ0v) is 11.1. The molecule has 98 valence electrons. The van der Waals surface area contributed by atoms with Gasteiger partial charge in [0.05, 0.1) is 12.7 Å². The number of rotatable bonds is 5. The molecule has 1 atom stereocenters. The molecule has 0 amide bonds. The highest BCUT2D eigenvalue weighted by Gasteiger charge is 2.12. The van der Waals surface area contributed by atoms with Gasteiger partial charge in [0, 0.05) is 17.4 Å². The van der Waals surface area contributed by atoms with Crippen LogP contribution in [0, 0.1) is 12.3 Å². The molecule has 0 fully saturated rings. The first-order chi connectivity index (χ1) is 9.24. The Morgan fingerprint density at radius 1 is 1.26 bits per heavy atom. The first kappa shape index (κ1) is 13.5. The number of aliphatic hydroxyl groups excluding tert-OH is 1. The first-order valence-electron chi connectivity index (χ1n) is 6.50. The van der Waals surface area contributed by atoms with E-state index in [1.54, 1.807) is 6.92 Å². The van der Waals surface area contributed by atoms with Crippen LogP contribution in [0.1, 0.15) is 31.4 Å². The van der Waals surface area contributed by atoms with Crippen LogP contribution < -0.4 is 4.74 Å². The van der Waals surface area contributed by atoms with Gasteiger partial charge in [-0.1, -0.05) is 36.4 Å². The minimum absolute atomic E-state index is 0.549. The molecule has 0 saturated carbocycles. The lowest BCUT2D eigenvalue weighted by Gasteiger charge is -2.16. The topological polar surface area (TPSA) is 29.5 Å². The van der Waals surface area contributed by atoms with Gasteiger partial charge >= 0.3 is 0 Å². The smallest absolute Gasteiger partial charge is 0.132 e. The van der Waals surface area contributed by atoms with E-state index in [0.29, 0.717) is 13.0 Å². The summed E-state index contributed by atoms with van der Waals surface area (Å²) in [7, 11) is 0. The van der Waals surface area contributed by atoms with Gasteiger partial charge in [-0.25, -0.2) is 0 Å². The quantitative estimate of drug-likeness (QED) is 0.651. The van der Waals surface area contributed by atoms with Crippen molar-refractivity contribution < 1.29 is 9.84 Å². The molecule has 2 rings (SSSR count). The monoisotopic (exact) mass is 254 g/mol. The van der Waals surface area contributed by atoms with Gasteiger partial charge < -0.3 is 9.84 Å². The second-order valence-electron chi connectivity index (χ2n) is 4.54. The Morgan fingerprint density at radius 3 is 2.79 bits per heavy atom. The molecule has 0 aliphatic carbocycles. The molecule has 19 heavy (non-hydrogen) atoms. The maximum absolute atomic E-state index is 9.85. The zero-order valence-electron chi connectivity index (χ0n) is 11.1. The zero-order chi connectivity index (χ0) is 13.7. The standard InChI is InChI=1S/C17H18O2/c1-3-4-7-12-19-17-15(13(2)18)11-10-14-8-5-6-9-16(14)17/h1,5-6,8-11,13,18H,4,7,12H2,2H3/t13-/m0/s1. The lowest BCUT2D eigenvalue weighted by Crippen LogP contribution is -2.03. The third-order valence-corrected chi connectivity index (χ3v) is 3.07. The van der Waals surface area contributed by atoms with Crippen molar-refractivity contribution in [3.63, 3.8) is 0 Å². The lowest BCUT2D eigenvalue weighted by atomic mass is 10.0. The predicted molar refractivity (Wildman–Crippen MR) is 78.1 cm³/mol. The van der Waals surface area contributed by atoms with Crippen molar-refractivity contribution in [1.82, 2.24) is 0 Å². The van der Waals surface area contributed by atoms with Crippen molar-refractivity contribution in [3.05, 3.63) is 42.0 Å². The number of unbranched alkanes of at least 4 members (excludes halogenated alkanes) is 1. The summed E-state index contributed by atoms with van der Waals surface area (Å²) >= 11 is 0. The molecule has 0 bridgehead atoms. The van der Waals surface area contributed by atoms with Crippen molar-refractivity contribution in [2.24, 2.45) is 0 Å². The maximum Gasteiger partial charge on any atom is 0.132 e. The van der Waals surface area contributed by atoms with Crippen LogP contribution >= 0.6 is 0 Å². The van der Waals surface area contributed by atoms with Crippen LogP contribution in [0.2, 0.25) is 0 Å². The summed E-state index contributed by atoms with van der Waals surface area (Å²) in [6.45, 7) is 2.32. The molecule has 2 nitrogen and oxygen atoms in total. The summed E-state index contributed by atoms with van der Waals surface area (Å²) in [4.78, 5) is 0. The van der Waals surface area contributed by atoms with Crippen LogP contribution in [0.3, 0.4) is 0 Å². The average molecular weight is 254 g/mol. The number of fused-ring (bicyclic) bond motifs is 1. The van der Waals surface area contributed by atoms with E-state index in [-0.39, 0.29) is 0 Å². The van der Waals surface area contributed by atoms with E-state index in [4.69, 9.17) is 11.2 Å². The van der Waals surface area contributed by atoms with Crippen LogP contribution in [0.4, 0.5) is 0 Å². The van der Waals surface area contributed by atoms with Gasteiger partial charge in [-0.05, 0) is 18.7 Å². The Balaban J connectivity index is 2.36. The highest BCUT2D eigenvalue weighted by Crippen LogP contribution is 2.33. The first-order valence-corrected chi connectivity index (χ1v) is 6.50. The molecule has 0 radical (unpaired) electrons. The number of aliphatic hydroxyl groups is 1. The minimum atomic E-state index is -0.549. The molecule has 0 aromatic heterocycles. The predicted octanol–water partition coefficient (Wildman–Crippen LogP) is 3.69. The normalized spacial score (nSPS) is 12.1. The maximum atomic E-state index is 9.85. The van der Waals surface area contributed by atoms with E-state index < -0.39 is 6.10 Å². The van der Waals surface area contributed by atoms with Gasteiger partial charge in [-0.2, -0.15) is 0 Å². The summed E-state index contributed by atoms with van der Waals surface area (Å²) in [6, 6.07) is 11.9. The number of ether oxygens (including phenoxy) is 1. The van der Waals surface area contributed by atoms with Gasteiger partial charge in [0.1, 0.15) is 5.75 Å². The fraction of sp³-hybridized carbons (Fsp3) is 0.294. The van der Waals surface area contributed by atoms with Gasteiger partial charge in [0.2, 0.25) is 0 Å². The Kier molecular flexibility index (Phi) is 4.43. The van der Waals surface area contributed by atoms with Crippen LogP contribution in [-0.2, 0) is 0 Å². The lowest BCUT2D eigenvalue weighted by molar-refractivity contribution is 0.191. The van der Waals surface area contributed by atoms with Gasteiger partial charge in [-0.15, -0.1) is 12.3 Å². The second-order valence-corrected chi connectivity index (χ2v) is 4.54. The van der Waals surface area contributed by atoms with Gasteiger partial charge in [0.15, 0.2) is 0 Å². The summed E-state index contributed by atoms with van der Waals surface area (Å²) < 4.78 is 5.86. The van der Waals surface area contributed by atoms with Crippen molar-refractivity contribution >= 4 is 10.8 Å². The Labute approximate surface area is 114 Å². The third-order valence-electron chi connectivity index (χ3n) is 3.07. The van der Waals surface area contributed by atoms with Crippen molar-refractivity contribution in [2.45, 2.75) is 25.9 Å². The Hall–Kier alpha value is -1.98. The second kappa shape index (κ2) is 6.26. The van der Waals surface area contributed by atoms with E-state index >= 15 is 0 Å². The molecule has 0 unspecified atom stereocenters. The fourth-order valence-electron chi connectivity index (χ4n) is 2.10. The number of benzene rings is 2. The van der Waals surface area contributed by atoms with Crippen LogP contribution in [0.25, 0.3) is 10.8 Å². The van der Waals surface area contributed by atoms with Gasteiger partial charge in [-0.3, -0.25) is 0 Å². The summed E-state index contributed by atoms with van der Waals surface area (Å²) in [5.74, 6) is 3.37. The third kappa shape index (κ3) is 3.07. The van der Waals surface area contributed by atoms with E-state index in [2.05, 4.69) is 5.92 Å². The summed E-state index contributed by atoms with van der Waals surface area (Å²) in [5.41, 5.74) is 0.819.